The Hall–Kier alpha value is -2.94. The molecule has 2 heterocycles. The zero-order chi connectivity index (χ0) is 18.0. The first-order valence-corrected chi connectivity index (χ1v) is 9.01. The molecule has 0 bridgehead atoms. The van der Waals surface area contributed by atoms with Gasteiger partial charge in [0, 0.05) is 6.20 Å². The van der Waals surface area contributed by atoms with Crippen molar-refractivity contribution in [2.24, 2.45) is 0 Å². The van der Waals surface area contributed by atoms with Crippen LogP contribution in [0.25, 0.3) is 11.2 Å². The summed E-state index contributed by atoms with van der Waals surface area (Å²) in [6.45, 7) is 3.58. The number of anilines is 1. The van der Waals surface area contributed by atoms with Crippen molar-refractivity contribution < 1.29 is 17.9 Å². The first-order chi connectivity index (χ1) is 11.9. The SMILES string of the molecule is CCOC(=O)Nc1nc2cc[nH]c2nc1S(=O)(=O)c1cccc(C)c1. The van der Waals surface area contributed by atoms with Gasteiger partial charge in [0.1, 0.15) is 5.52 Å². The molecule has 0 atom stereocenters. The van der Waals surface area contributed by atoms with Gasteiger partial charge in [0.05, 0.1) is 11.5 Å². The highest BCUT2D eigenvalue weighted by Gasteiger charge is 2.27. The van der Waals surface area contributed by atoms with E-state index in [1.807, 2.05) is 0 Å². The molecule has 2 aromatic heterocycles. The summed E-state index contributed by atoms with van der Waals surface area (Å²) in [6, 6.07) is 8.06. The molecule has 1 aromatic carbocycles. The van der Waals surface area contributed by atoms with Crippen molar-refractivity contribution in [3.63, 3.8) is 0 Å². The molecule has 9 heteroatoms. The number of aromatic nitrogens is 3. The lowest BCUT2D eigenvalue weighted by Crippen LogP contribution is -2.18. The van der Waals surface area contributed by atoms with Crippen molar-refractivity contribution in [2.45, 2.75) is 23.8 Å². The molecule has 0 fully saturated rings. The van der Waals surface area contributed by atoms with Gasteiger partial charge in [-0.05, 0) is 37.6 Å². The summed E-state index contributed by atoms with van der Waals surface area (Å²) < 4.78 is 30.8. The van der Waals surface area contributed by atoms with Crippen molar-refractivity contribution in [1.29, 1.82) is 0 Å². The van der Waals surface area contributed by atoms with Crippen LogP contribution >= 0.6 is 0 Å². The van der Waals surface area contributed by atoms with Crippen molar-refractivity contribution in [3.05, 3.63) is 42.1 Å². The summed E-state index contributed by atoms with van der Waals surface area (Å²) in [5, 5.41) is 2.01. The monoisotopic (exact) mass is 360 g/mol. The highest BCUT2D eigenvalue weighted by atomic mass is 32.2. The van der Waals surface area contributed by atoms with Gasteiger partial charge in [0.15, 0.2) is 11.5 Å². The fourth-order valence-corrected chi connectivity index (χ4v) is 3.67. The van der Waals surface area contributed by atoms with Crippen LogP contribution in [-0.2, 0) is 14.6 Å². The van der Waals surface area contributed by atoms with Crippen LogP contribution in [0.4, 0.5) is 10.6 Å². The Labute approximate surface area is 144 Å². The van der Waals surface area contributed by atoms with Gasteiger partial charge < -0.3 is 9.72 Å². The van der Waals surface area contributed by atoms with Gasteiger partial charge in [0.2, 0.25) is 14.9 Å². The molecule has 0 radical (unpaired) electrons. The average molecular weight is 360 g/mol. The average Bonchev–Trinajstić information content (AvgIpc) is 3.01. The Kier molecular flexibility index (Phi) is 4.41. The van der Waals surface area contributed by atoms with Crippen molar-refractivity contribution in [2.75, 3.05) is 11.9 Å². The molecule has 0 unspecified atom stereocenters. The van der Waals surface area contributed by atoms with Gasteiger partial charge in [-0.1, -0.05) is 12.1 Å². The van der Waals surface area contributed by atoms with E-state index in [0.717, 1.165) is 5.56 Å². The van der Waals surface area contributed by atoms with Gasteiger partial charge in [-0.25, -0.2) is 23.2 Å². The molecule has 2 N–H and O–H groups in total. The molecule has 25 heavy (non-hydrogen) atoms. The Morgan fingerprint density at radius 1 is 1.28 bits per heavy atom. The summed E-state index contributed by atoms with van der Waals surface area (Å²) in [5.74, 6) is -0.174. The smallest absolute Gasteiger partial charge is 0.412 e. The van der Waals surface area contributed by atoms with E-state index < -0.39 is 15.9 Å². The molecule has 0 aliphatic heterocycles. The lowest BCUT2D eigenvalue weighted by atomic mass is 10.2. The normalized spacial score (nSPS) is 11.4. The Morgan fingerprint density at radius 3 is 2.80 bits per heavy atom. The number of nitrogens with zero attached hydrogens (tertiary/aromatic N) is 2. The van der Waals surface area contributed by atoms with Crippen LogP contribution < -0.4 is 5.32 Å². The number of fused-ring (bicyclic) bond motifs is 1. The quantitative estimate of drug-likeness (QED) is 0.739. The van der Waals surface area contributed by atoms with Gasteiger partial charge in [-0.2, -0.15) is 0 Å². The number of benzene rings is 1. The highest BCUT2D eigenvalue weighted by molar-refractivity contribution is 7.91. The van der Waals surface area contributed by atoms with Gasteiger partial charge >= 0.3 is 6.09 Å². The zero-order valence-electron chi connectivity index (χ0n) is 13.6. The number of carbonyl (C=O) groups is 1. The van der Waals surface area contributed by atoms with E-state index in [9.17, 15) is 13.2 Å². The minimum absolute atomic E-state index is 0.0691. The fourth-order valence-electron chi connectivity index (χ4n) is 2.28. The standard InChI is InChI=1S/C16H16N4O4S/c1-3-24-16(21)20-14-15(19-13-12(18-14)7-8-17-13)25(22,23)11-6-4-5-10(2)9-11/h4-9H,3H2,1-2H3,(H,17,19)(H,18,20,21). The molecule has 3 rings (SSSR count). The number of H-pyrrole nitrogens is 1. The number of sulfone groups is 1. The Balaban J connectivity index is 2.17. The summed E-state index contributed by atoms with van der Waals surface area (Å²) >= 11 is 0. The number of hydrogen-bond acceptors (Lipinski definition) is 6. The van der Waals surface area contributed by atoms with Crippen molar-refractivity contribution in [1.82, 2.24) is 15.0 Å². The van der Waals surface area contributed by atoms with Crippen LogP contribution in [0.2, 0.25) is 0 Å². The minimum atomic E-state index is -3.99. The maximum atomic E-state index is 13.0. The summed E-state index contributed by atoms with van der Waals surface area (Å²) in [7, 11) is -3.99. The first-order valence-electron chi connectivity index (χ1n) is 7.52. The van der Waals surface area contributed by atoms with E-state index in [1.165, 1.54) is 12.1 Å². The molecule has 0 aliphatic rings. The summed E-state index contributed by atoms with van der Waals surface area (Å²) in [5.41, 5.74) is 1.52. The van der Waals surface area contributed by atoms with Crippen LogP contribution in [-0.4, -0.2) is 36.1 Å². The largest absolute Gasteiger partial charge is 0.450 e. The number of amides is 1. The van der Waals surface area contributed by atoms with Gasteiger partial charge in [0.25, 0.3) is 0 Å². The minimum Gasteiger partial charge on any atom is -0.450 e. The molecule has 0 saturated heterocycles. The van der Waals surface area contributed by atoms with E-state index in [2.05, 4.69) is 20.3 Å². The van der Waals surface area contributed by atoms with Crippen LogP contribution in [0.3, 0.4) is 0 Å². The first kappa shape index (κ1) is 16.9. The Morgan fingerprint density at radius 2 is 2.08 bits per heavy atom. The maximum absolute atomic E-state index is 13.0. The predicted octanol–water partition coefficient (Wildman–Crippen LogP) is 2.67. The van der Waals surface area contributed by atoms with Crippen LogP contribution in [0.1, 0.15) is 12.5 Å². The topological polar surface area (TPSA) is 114 Å². The molecule has 0 saturated carbocycles. The Bertz CT molecular complexity index is 1040. The van der Waals surface area contributed by atoms with Crippen molar-refractivity contribution in [3.8, 4) is 0 Å². The maximum Gasteiger partial charge on any atom is 0.412 e. The third-order valence-electron chi connectivity index (χ3n) is 3.40. The second-order valence-electron chi connectivity index (χ2n) is 5.25. The zero-order valence-corrected chi connectivity index (χ0v) is 14.4. The second kappa shape index (κ2) is 6.52. The molecular formula is C16H16N4O4S. The van der Waals surface area contributed by atoms with Gasteiger partial charge in [-0.15, -0.1) is 0 Å². The number of rotatable bonds is 4. The molecule has 0 aliphatic carbocycles. The lowest BCUT2D eigenvalue weighted by molar-refractivity contribution is 0.167. The molecule has 130 valence electrons. The van der Waals surface area contributed by atoms with Gasteiger partial charge in [-0.3, -0.25) is 5.32 Å². The number of aromatic amines is 1. The molecule has 3 aromatic rings. The summed E-state index contributed by atoms with van der Waals surface area (Å²) in [6.07, 6.45) is 0.786. The van der Waals surface area contributed by atoms with Crippen molar-refractivity contribution >= 4 is 32.9 Å². The third-order valence-corrected chi connectivity index (χ3v) is 5.07. The lowest BCUT2D eigenvalue weighted by Gasteiger charge is -2.11. The molecular weight excluding hydrogens is 344 g/mol. The third kappa shape index (κ3) is 3.31. The van der Waals surface area contributed by atoms with E-state index >= 15 is 0 Å². The molecule has 1 amide bonds. The number of hydrogen-bond donors (Lipinski definition) is 2. The fraction of sp³-hybridized carbons (Fsp3) is 0.188. The second-order valence-corrected chi connectivity index (χ2v) is 7.12. The van der Waals surface area contributed by atoms with Crippen LogP contribution in [0.5, 0.6) is 0 Å². The number of nitrogens with one attached hydrogen (secondary N) is 2. The van der Waals surface area contributed by atoms with Crippen LogP contribution in [0.15, 0.2) is 46.5 Å². The number of carbonyl (C=O) groups excluding carboxylic acids is 1. The molecule has 0 spiro atoms. The highest BCUT2D eigenvalue weighted by Crippen LogP contribution is 2.27. The van der Waals surface area contributed by atoms with E-state index in [-0.39, 0.29) is 22.3 Å². The van der Waals surface area contributed by atoms with E-state index in [0.29, 0.717) is 11.2 Å². The van der Waals surface area contributed by atoms with E-state index in [4.69, 9.17) is 4.74 Å². The summed E-state index contributed by atoms with van der Waals surface area (Å²) in [4.78, 5) is 23.0. The number of aryl methyl sites for hydroxylation is 1. The molecule has 8 nitrogen and oxygen atoms in total. The number of ether oxygens (including phenoxy) is 1. The van der Waals surface area contributed by atoms with Crippen LogP contribution in [0, 0.1) is 6.92 Å². The predicted molar refractivity (Wildman–Crippen MR) is 91.2 cm³/mol. The van der Waals surface area contributed by atoms with E-state index in [1.54, 1.807) is 38.2 Å².